The average molecular weight is 269 g/mol. The molecule has 3 rings (SSSR count). The topological polar surface area (TPSA) is 44.4 Å². The van der Waals surface area contributed by atoms with Gasteiger partial charge in [0, 0.05) is 0 Å². The highest BCUT2D eigenvalue weighted by Crippen LogP contribution is 2.20. The van der Waals surface area contributed by atoms with Crippen molar-refractivity contribution in [3.63, 3.8) is 0 Å². The number of aryl methyl sites for hydroxylation is 1. The molecule has 3 aromatic rings. The highest BCUT2D eigenvalue weighted by molar-refractivity contribution is 5.72. The molecule has 0 fully saturated rings. The summed E-state index contributed by atoms with van der Waals surface area (Å²) in [6, 6.07) is 13.3. The Morgan fingerprint density at radius 2 is 2.00 bits per heavy atom. The Bertz CT molecular complexity index is 814. The van der Waals surface area contributed by atoms with Crippen LogP contribution in [0, 0.1) is 6.92 Å². The molecule has 0 spiro atoms. The molecule has 1 aromatic heterocycles. The maximum absolute atomic E-state index is 11.9. The fourth-order valence-electron chi connectivity index (χ4n) is 2.39. The molecule has 0 aliphatic heterocycles. The number of benzene rings is 2. The summed E-state index contributed by atoms with van der Waals surface area (Å²) < 4.78 is 12.1. The van der Waals surface area contributed by atoms with Crippen molar-refractivity contribution >= 4 is 11.1 Å². The van der Waals surface area contributed by atoms with Crippen LogP contribution in [0.1, 0.15) is 11.1 Å². The van der Waals surface area contributed by atoms with E-state index >= 15 is 0 Å². The summed E-state index contributed by atoms with van der Waals surface area (Å²) >= 11 is 0. The molecule has 2 aromatic carbocycles. The van der Waals surface area contributed by atoms with Gasteiger partial charge in [0.05, 0.1) is 19.2 Å². The number of nitrogens with zero attached hydrogens (tertiary/aromatic N) is 1. The van der Waals surface area contributed by atoms with Crippen LogP contribution in [0.25, 0.3) is 11.1 Å². The Hall–Kier alpha value is -2.49. The lowest BCUT2D eigenvalue weighted by atomic mass is 10.1. The lowest BCUT2D eigenvalue weighted by Crippen LogP contribution is -2.14. The van der Waals surface area contributed by atoms with Gasteiger partial charge in [0.15, 0.2) is 5.58 Å². The van der Waals surface area contributed by atoms with E-state index in [1.54, 1.807) is 17.7 Å². The fourth-order valence-corrected chi connectivity index (χ4v) is 2.39. The molecule has 0 unspecified atom stereocenters. The van der Waals surface area contributed by atoms with Crippen molar-refractivity contribution in [1.82, 2.24) is 4.57 Å². The van der Waals surface area contributed by atoms with Crippen LogP contribution < -0.4 is 10.5 Å². The van der Waals surface area contributed by atoms with Crippen LogP contribution in [0.4, 0.5) is 0 Å². The number of para-hydroxylation sites is 2. The maximum Gasteiger partial charge on any atom is 0.420 e. The van der Waals surface area contributed by atoms with Crippen LogP contribution in [-0.4, -0.2) is 11.7 Å². The smallest absolute Gasteiger partial charge is 0.420 e. The molecule has 0 aliphatic rings. The van der Waals surface area contributed by atoms with E-state index < -0.39 is 0 Å². The fraction of sp³-hybridized carbons (Fsp3) is 0.188. The summed E-state index contributed by atoms with van der Waals surface area (Å²) in [7, 11) is 1.65. The van der Waals surface area contributed by atoms with E-state index in [9.17, 15) is 4.79 Å². The average Bonchev–Trinajstić information content (AvgIpc) is 2.76. The van der Waals surface area contributed by atoms with Crippen LogP contribution in [0.15, 0.2) is 51.7 Å². The van der Waals surface area contributed by atoms with Crippen molar-refractivity contribution in [2.45, 2.75) is 13.5 Å². The third kappa shape index (κ3) is 2.09. The number of oxazole rings is 1. The molecule has 0 bridgehead atoms. The summed E-state index contributed by atoms with van der Waals surface area (Å²) in [5.74, 6) is 0.512. The van der Waals surface area contributed by atoms with Gasteiger partial charge in [-0.3, -0.25) is 4.57 Å². The Balaban J connectivity index is 2.03. The van der Waals surface area contributed by atoms with Crippen molar-refractivity contribution in [2.24, 2.45) is 0 Å². The van der Waals surface area contributed by atoms with E-state index in [1.807, 2.05) is 43.3 Å². The summed E-state index contributed by atoms with van der Waals surface area (Å²) in [6.45, 7) is 2.47. The minimum absolute atomic E-state index is 0.334. The van der Waals surface area contributed by atoms with Crippen LogP contribution in [0.5, 0.6) is 5.75 Å². The number of fused-ring (bicyclic) bond motifs is 1. The quantitative estimate of drug-likeness (QED) is 0.734. The molecule has 0 radical (unpaired) electrons. The van der Waals surface area contributed by atoms with Gasteiger partial charge in [0.1, 0.15) is 5.75 Å². The second kappa shape index (κ2) is 4.89. The van der Waals surface area contributed by atoms with E-state index in [-0.39, 0.29) is 5.76 Å². The first-order chi connectivity index (χ1) is 9.69. The van der Waals surface area contributed by atoms with Crippen LogP contribution in [0.2, 0.25) is 0 Å². The first kappa shape index (κ1) is 12.5. The van der Waals surface area contributed by atoms with E-state index in [0.29, 0.717) is 12.1 Å². The standard InChI is InChI=1S/C16H15NO3/c1-11-9-12(7-8-14(11)19-2)10-17-13-5-3-4-6-15(13)20-16(17)18/h3-9H,10H2,1-2H3. The molecular formula is C16H15NO3. The SMILES string of the molecule is COc1ccc(Cn2c(=O)oc3ccccc32)cc1C. The molecule has 102 valence electrons. The van der Waals surface area contributed by atoms with Gasteiger partial charge in [0.2, 0.25) is 0 Å². The molecule has 0 saturated heterocycles. The first-order valence-electron chi connectivity index (χ1n) is 6.41. The van der Waals surface area contributed by atoms with Gasteiger partial charge in [-0.15, -0.1) is 0 Å². The Kier molecular flexibility index (Phi) is 3.06. The zero-order chi connectivity index (χ0) is 14.1. The molecule has 0 saturated carbocycles. The third-order valence-electron chi connectivity index (χ3n) is 3.37. The molecule has 20 heavy (non-hydrogen) atoms. The molecule has 4 nitrogen and oxygen atoms in total. The first-order valence-corrected chi connectivity index (χ1v) is 6.41. The lowest BCUT2D eigenvalue weighted by Gasteiger charge is -2.07. The number of rotatable bonds is 3. The van der Waals surface area contributed by atoms with E-state index in [4.69, 9.17) is 9.15 Å². The van der Waals surface area contributed by atoms with Gasteiger partial charge >= 0.3 is 5.76 Å². The lowest BCUT2D eigenvalue weighted by molar-refractivity contribution is 0.411. The van der Waals surface area contributed by atoms with Gasteiger partial charge in [-0.25, -0.2) is 4.79 Å². The number of aromatic nitrogens is 1. The molecule has 0 atom stereocenters. The van der Waals surface area contributed by atoms with Crippen LogP contribution in [0.3, 0.4) is 0 Å². The molecular weight excluding hydrogens is 254 g/mol. The van der Waals surface area contributed by atoms with E-state index in [2.05, 4.69) is 0 Å². The van der Waals surface area contributed by atoms with Crippen molar-refractivity contribution in [1.29, 1.82) is 0 Å². The number of hydrogen-bond donors (Lipinski definition) is 0. The van der Waals surface area contributed by atoms with Gasteiger partial charge in [0.25, 0.3) is 0 Å². The molecule has 0 amide bonds. The molecule has 1 heterocycles. The third-order valence-corrected chi connectivity index (χ3v) is 3.37. The predicted octanol–water partition coefficient (Wildman–Crippen LogP) is 2.96. The van der Waals surface area contributed by atoms with Gasteiger partial charge in [-0.2, -0.15) is 0 Å². The monoisotopic (exact) mass is 269 g/mol. The van der Waals surface area contributed by atoms with E-state index in [0.717, 1.165) is 22.4 Å². The highest BCUT2D eigenvalue weighted by atomic mass is 16.5. The van der Waals surface area contributed by atoms with Crippen LogP contribution in [-0.2, 0) is 6.54 Å². The maximum atomic E-state index is 11.9. The number of methoxy groups -OCH3 is 1. The van der Waals surface area contributed by atoms with Crippen molar-refractivity contribution in [2.75, 3.05) is 7.11 Å². The van der Waals surface area contributed by atoms with Crippen molar-refractivity contribution in [3.8, 4) is 5.75 Å². The van der Waals surface area contributed by atoms with E-state index in [1.165, 1.54) is 0 Å². The zero-order valence-corrected chi connectivity index (χ0v) is 11.4. The molecule has 4 heteroatoms. The molecule has 0 N–H and O–H groups in total. The second-order valence-electron chi connectivity index (χ2n) is 4.73. The Morgan fingerprint density at radius 1 is 1.20 bits per heavy atom. The number of hydrogen-bond acceptors (Lipinski definition) is 3. The summed E-state index contributed by atoms with van der Waals surface area (Å²) in [5, 5.41) is 0. The predicted molar refractivity (Wildman–Crippen MR) is 77.3 cm³/mol. The Morgan fingerprint density at radius 3 is 2.75 bits per heavy atom. The highest BCUT2D eigenvalue weighted by Gasteiger charge is 2.09. The van der Waals surface area contributed by atoms with Gasteiger partial charge < -0.3 is 9.15 Å². The normalized spacial score (nSPS) is 10.9. The number of ether oxygens (including phenoxy) is 1. The van der Waals surface area contributed by atoms with Gasteiger partial charge in [-0.1, -0.05) is 24.3 Å². The Labute approximate surface area is 116 Å². The zero-order valence-electron chi connectivity index (χ0n) is 11.4. The minimum atomic E-state index is -0.334. The van der Waals surface area contributed by atoms with Crippen molar-refractivity contribution < 1.29 is 9.15 Å². The summed E-state index contributed by atoms with van der Waals surface area (Å²) in [5.41, 5.74) is 3.51. The minimum Gasteiger partial charge on any atom is -0.496 e. The van der Waals surface area contributed by atoms with Gasteiger partial charge in [-0.05, 0) is 36.2 Å². The summed E-state index contributed by atoms with van der Waals surface area (Å²) in [6.07, 6.45) is 0. The molecule has 0 aliphatic carbocycles. The second-order valence-corrected chi connectivity index (χ2v) is 4.73. The largest absolute Gasteiger partial charge is 0.496 e. The van der Waals surface area contributed by atoms with Crippen molar-refractivity contribution in [3.05, 3.63) is 64.1 Å². The van der Waals surface area contributed by atoms with Crippen LogP contribution >= 0.6 is 0 Å². The summed E-state index contributed by atoms with van der Waals surface area (Å²) in [4.78, 5) is 11.9.